The fraction of sp³-hybridized carbons (Fsp3) is 1.00. The summed E-state index contributed by atoms with van der Waals surface area (Å²) in [6, 6.07) is 0. The van der Waals surface area contributed by atoms with Gasteiger partial charge in [0.05, 0.1) is 39.6 Å². The third-order valence-corrected chi connectivity index (χ3v) is 1.67. The molecule has 0 fully saturated rings. The minimum atomic E-state index is 0.576. The third-order valence-electron chi connectivity index (χ3n) is 1.67. The first-order chi connectivity index (χ1) is 7.77. The van der Waals surface area contributed by atoms with Crippen LogP contribution in [-0.4, -0.2) is 65.4 Å². The minimum Gasteiger partial charge on any atom is -0.379 e. The molecule has 0 aliphatic rings. The molecule has 0 rings (SSSR count). The molecule has 0 aromatic carbocycles. The summed E-state index contributed by atoms with van der Waals surface area (Å²) in [6.45, 7) is 6.57. The molecule has 0 saturated carbocycles. The first-order valence-electron chi connectivity index (χ1n) is 5.80. The summed E-state index contributed by atoms with van der Waals surface area (Å²) in [7, 11) is 3.69. The third kappa shape index (κ3) is 13.8. The van der Waals surface area contributed by atoms with E-state index in [2.05, 4.69) is 6.92 Å². The average molecular weight is 235 g/mol. The molecular formula is C11H25NO4. The lowest BCUT2D eigenvalue weighted by atomic mass is 10.5. The molecule has 0 saturated heterocycles. The van der Waals surface area contributed by atoms with Gasteiger partial charge in [0, 0.05) is 20.7 Å². The van der Waals surface area contributed by atoms with Gasteiger partial charge in [-0.3, -0.25) is 4.84 Å². The van der Waals surface area contributed by atoms with E-state index in [1.54, 1.807) is 5.06 Å². The quantitative estimate of drug-likeness (QED) is 0.372. The van der Waals surface area contributed by atoms with Gasteiger partial charge in [-0.05, 0) is 6.42 Å². The highest BCUT2D eigenvalue weighted by Crippen LogP contribution is 1.84. The standard InChI is InChI=1S/C11H25NO4/c1-4-5-13-6-7-14-8-9-15-10-11-16-12(2)3/h4-11H2,1-3H3. The van der Waals surface area contributed by atoms with Crippen LogP contribution in [0.2, 0.25) is 0 Å². The van der Waals surface area contributed by atoms with Gasteiger partial charge in [0.15, 0.2) is 0 Å². The van der Waals surface area contributed by atoms with E-state index in [-0.39, 0.29) is 0 Å². The van der Waals surface area contributed by atoms with Gasteiger partial charge in [0.2, 0.25) is 0 Å². The molecule has 0 atom stereocenters. The SMILES string of the molecule is CCCOCCOCCOCCON(C)C. The molecule has 0 bridgehead atoms. The topological polar surface area (TPSA) is 40.2 Å². The van der Waals surface area contributed by atoms with E-state index in [0.717, 1.165) is 13.0 Å². The van der Waals surface area contributed by atoms with Gasteiger partial charge in [-0.15, -0.1) is 0 Å². The molecule has 0 heterocycles. The van der Waals surface area contributed by atoms with Crippen LogP contribution in [0.5, 0.6) is 0 Å². The van der Waals surface area contributed by atoms with Crippen LogP contribution in [-0.2, 0) is 19.0 Å². The zero-order chi connectivity index (χ0) is 12.1. The normalized spacial score (nSPS) is 11.2. The van der Waals surface area contributed by atoms with Gasteiger partial charge < -0.3 is 14.2 Å². The summed E-state index contributed by atoms with van der Waals surface area (Å²) in [6.07, 6.45) is 1.05. The molecule has 16 heavy (non-hydrogen) atoms. The highest BCUT2D eigenvalue weighted by atomic mass is 16.7. The molecular weight excluding hydrogens is 210 g/mol. The lowest BCUT2D eigenvalue weighted by Crippen LogP contribution is -2.17. The molecule has 0 aromatic rings. The van der Waals surface area contributed by atoms with E-state index in [1.165, 1.54) is 0 Å². The summed E-state index contributed by atoms with van der Waals surface area (Å²) in [4.78, 5) is 5.16. The number of hydrogen-bond donors (Lipinski definition) is 0. The van der Waals surface area contributed by atoms with Crippen molar-refractivity contribution in [3.8, 4) is 0 Å². The van der Waals surface area contributed by atoms with Crippen molar-refractivity contribution in [2.24, 2.45) is 0 Å². The molecule has 0 radical (unpaired) electrons. The van der Waals surface area contributed by atoms with Crippen LogP contribution in [0.25, 0.3) is 0 Å². The highest BCUT2D eigenvalue weighted by Gasteiger charge is 1.92. The molecule has 0 N–H and O–H groups in total. The number of ether oxygens (including phenoxy) is 3. The molecule has 5 heteroatoms. The Balaban J connectivity index is 2.88. The Labute approximate surface area is 98.6 Å². The van der Waals surface area contributed by atoms with Crippen LogP contribution in [0.4, 0.5) is 0 Å². The molecule has 0 amide bonds. The van der Waals surface area contributed by atoms with Crippen LogP contribution in [0.15, 0.2) is 0 Å². The smallest absolute Gasteiger partial charge is 0.0918 e. The average Bonchev–Trinajstić information content (AvgIpc) is 2.25. The molecule has 0 spiro atoms. The van der Waals surface area contributed by atoms with Crippen LogP contribution in [0, 0.1) is 0 Å². The summed E-state index contributed by atoms with van der Waals surface area (Å²) in [5.74, 6) is 0. The van der Waals surface area contributed by atoms with Crippen molar-refractivity contribution in [1.82, 2.24) is 5.06 Å². The largest absolute Gasteiger partial charge is 0.379 e. The minimum absolute atomic E-state index is 0.576. The second-order valence-electron chi connectivity index (χ2n) is 3.48. The van der Waals surface area contributed by atoms with Crippen molar-refractivity contribution in [3.05, 3.63) is 0 Å². The monoisotopic (exact) mass is 235 g/mol. The fourth-order valence-corrected chi connectivity index (χ4v) is 0.965. The van der Waals surface area contributed by atoms with E-state index >= 15 is 0 Å². The van der Waals surface area contributed by atoms with E-state index in [1.807, 2.05) is 14.1 Å². The highest BCUT2D eigenvalue weighted by molar-refractivity contribution is 4.34. The van der Waals surface area contributed by atoms with Gasteiger partial charge in [-0.1, -0.05) is 6.92 Å². The van der Waals surface area contributed by atoms with Crippen LogP contribution >= 0.6 is 0 Å². The number of hydrogen-bond acceptors (Lipinski definition) is 5. The fourth-order valence-electron chi connectivity index (χ4n) is 0.965. The first kappa shape index (κ1) is 15.8. The second kappa shape index (κ2) is 12.9. The number of rotatable bonds is 12. The Kier molecular flexibility index (Phi) is 12.7. The Bertz CT molecular complexity index is 133. The van der Waals surface area contributed by atoms with Crippen molar-refractivity contribution >= 4 is 0 Å². The van der Waals surface area contributed by atoms with Crippen LogP contribution in [0.1, 0.15) is 13.3 Å². The Morgan fingerprint density at radius 3 is 1.56 bits per heavy atom. The molecule has 5 nitrogen and oxygen atoms in total. The second-order valence-corrected chi connectivity index (χ2v) is 3.48. The first-order valence-corrected chi connectivity index (χ1v) is 5.80. The lowest BCUT2D eigenvalue weighted by Gasteiger charge is -2.10. The molecule has 0 unspecified atom stereocenters. The lowest BCUT2D eigenvalue weighted by molar-refractivity contribution is -0.135. The summed E-state index contributed by atoms with van der Waals surface area (Å²) >= 11 is 0. The summed E-state index contributed by atoms with van der Waals surface area (Å²) in [5.41, 5.74) is 0. The van der Waals surface area contributed by atoms with E-state index in [9.17, 15) is 0 Å². The van der Waals surface area contributed by atoms with Gasteiger partial charge in [0.25, 0.3) is 0 Å². The zero-order valence-electron chi connectivity index (χ0n) is 10.7. The van der Waals surface area contributed by atoms with Gasteiger partial charge in [-0.2, -0.15) is 5.06 Å². The molecule has 0 aliphatic carbocycles. The maximum Gasteiger partial charge on any atom is 0.0918 e. The molecule has 0 aromatic heterocycles. The summed E-state index contributed by atoms with van der Waals surface area (Å²) < 4.78 is 15.9. The van der Waals surface area contributed by atoms with E-state index in [0.29, 0.717) is 39.6 Å². The molecule has 0 aliphatic heterocycles. The predicted octanol–water partition coefficient (Wildman–Crippen LogP) is 0.939. The van der Waals surface area contributed by atoms with Crippen LogP contribution < -0.4 is 0 Å². The van der Waals surface area contributed by atoms with E-state index in [4.69, 9.17) is 19.0 Å². The summed E-state index contributed by atoms with van der Waals surface area (Å²) in [5, 5.41) is 1.66. The Hall–Kier alpha value is -0.200. The number of nitrogens with zero attached hydrogens (tertiary/aromatic N) is 1. The predicted molar refractivity (Wildman–Crippen MR) is 62.4 cm³/mol. The van der Waals surface area contributed by atoms with Crippen LogP contribution in [0.3, 0.4) is 0 Å². The zero-order valence-corrected chi connectivity index (χ0v) is 10.7. The molecule has 98 valence electrons. The number of hydroxylamine groups is 2. The Morgan fingerprint density at radius 2 is 1.12 bits per heavy atom. The van der Waals surface area contributed by atoms with Gasteiger partial charge in [-0.25, -0.2) is 0 Å². The van der Waals surface area contributed by atoms with Crippen molar-refractivity contribution in [3.63, 3.8) is 0 Å². The van der Waals surface area contributed by atoms with Crippen molar-refractivity contribution in [1.29, 1.82) is 0 Å². The van der Waals surface area contributed by atoms with Gasteiger partial charge >= 0.3 is 0 Å². The van der Waals surface area contributed by atoms with Crippen molar-refractivity contribution < 1.29 is 19.0 Å². The maximum atomic E-state index is 5.31. The van der Waals surface area contributed by atoms with Gasteiger partial charge in [0.1, 0.15) is 0 Å². The maximum absolute atomic E-state index is 5.31. The van der Waals surface area contributed by atoms with Crippen molar-refractivity contribution in [2.45, 2.75) is 13.3 Å². The van der Waals surface area contributed by atoms with E-state index < -0.39 is 0 Å². The van der Waals surface area contributed by atoms with Crippen molar-refractivity contribution in [2.75, 3.05) is 60.3 Å². The Morgan fingerprint density at radius 1 is 0.688 bits per heavy atom.